The Morgan fingerprint density at radius 2 is 1.94 bits per heavy atom. The molecule has 0 aliphatic carbocycles. The van der Waals surface area contributed by atoms with Gasteiger partial charge in [0.05, 0.1) is 7.11 Å². The predicted octanol–water partition coefficient (Wildman–Crippen LogP) is 3.43. The summed E-state index contributed by atoms with van der Waals surface area (Å²) in [6.45, 7) is 4.82. The van der Waals surface area contributed by atoms with Crippen molar-refractivity contribution in [1.29, 1.82) is 0 Å². The molecule has 9 heteroatoms. The lowest BCUT2D eigenvalue weighted by atomic mass is 10.1. The van der Waals surface area contributed by atoms with Crippen LogP contribution in [0.1, 0.15) is 27.3 Å². The molecular formula is C24H23N5O4. The minimum atomic E-state index is -0.0744. The van der Waals surface area contributed by atoms with Gasteiger partial charge in [0.15, 0.2) is 17.3 Å². The van der Waals surface area contributed by atoms with Crippen LogP contribution in [-0.4, -0.2) is 44.5 Å². The SMILES string of the molecule is COc1cccc(-c2nnn(CC(=O)c3cc(C)n(Cc4ccc5c(c4)OCO5)c3C)n2)c1. The van der Waals surface area contributed by atoms with Gasteiger partial charge in [-0.2, -0.15) is 4.80 Å². The number of carbonyl (C=O) groups is 1. The summed E-state index contributed by atoms with van der Waals surface area (Å²) in [6.07, 6.45) is 0. The Labute approximate surface area is 190 Å². The lowest BCUT2D eigenvalue weighted by Gasteiger charge is -2.10. The van der Waals surface area contributed by atoms with Crippen LogP contribution in [0.25, 0.3) is 11.4 Å². The average molecular weight is 445 g/mol. The summed E-state index contributed by atoms with van der Waals surface area (Å²) in [5.41, 5.74) is 4.38. The van der Waals surface area contributed by atoms with E-state index >= 15 is 0 Å². The normalized spacial score (nSPS) is 12.2. The van der Waals surface area contributed by atoms with Crippen LogP contribution in [0.2, 0.25) is 0 Å². The molecule has 9 nitrogen and oxygen atoms in total. The standard InChI is InChI=1S/C24H23N5O4/c1-15-9-20(16(2)28(15)12-17-7-8-22-23(10-17)33-14-32-22)21(30)13-29-26-24(25-27-29)18-5-4-6-19(11-18)31-3/h4-11H,12-14H2,1-3H3. The predicted molar refractivity (Wildman–Crippen MR) is 120 cm³/mol. The fraction of sp³-hybridized carbons (Fsp3) is 0.250. The zero-order valence-electron chi connectivity index (χ0n) is 18.6. The van der Waals surface area contributed by atoms with Crippen molar-refractivity contribution in [3.63, 3.8) is 0 Å². The smallest absolute Gasteiger partial charge is 0.231 e. The van der Waals surface area contributed by atoms with E-state index in [1.807, 2.05) is 62.4 Å². The Hall–Kier alpha value is -4.14. The number of carbonyl (C=O) groups excluding carboxylic acids is 1. The quantitative estimate of drug-likeness (QED) is 0.402. The van der Waals surface area contributed by atoms with E-state index in [0.717, 1.165) is 34.0 Å². The Morgan fingerprint density at radius 1 is 1.09 bits per heavy atom. The first-order valence-electron chi connectivity index (χ1n) is 10.5. The highest BCUT2D eigenvalue weighted by Crippen LogP contribution is 2.33. The first kappa shape index (κ1) is 20.7. The maximum atomic E-state index is 13.1. The van der Waals surface area contributed by atoms with Crippen molar-refractivity contribution in [2.75, 3.05) is 13.9 Å². The van der Waals surface area contributed by atoms with Gasteiger partial charge in [-0.05, 0) is 55.0 Å². The molecule has 1 aliphatic heterocycles. The number of hydrogen-bond acceptors (Lipinski definition) is 7. The highest BCUT2D eigenvalue weighted by Gasteiger charge is 2.19. The van der Waals surface area contributed by atoms with Crippen LogP contribution in [-0.2, 0) is 13.1 Å². The van der Waals surface area contributed by atoms with Gasteiger partial charge in [0.2, 0.25) is 12.6 Å². The van der Waals surface area contributed by atoms with E-state index < -0.39 is 0 Å². The summed E-state index contributed by atoms with van der Waals surface area (Å²) in [5, 5.41) is 12.5. The molecule has 5 rings (SSSR count). The summed E-state index contributed by atoms with van der Waals surface area (Å²) in [6, 6.07) is 15.2. The Kier molecular flexibility index (Phi) is 5.29. The number of ketones is 1. The molecule has 0 bridgehead atoms. The number of nitrogens with zero attached hydrogens (tertiary/aromatic N) is 5. The Bertz CT molecular complexity index is 1340. The lowest BCUT2D eigenvalue weighted by Crippen LogP contribution is -2.14. The van der Waals surface area contributed by atoms with E-state index in [9.17, 15) is 4.79 Å². The molecule has 0 N–H and O–H groups in total. The molecule has 0 saturated carbocycles. The number of hydrogen-bond donors (Lipinski definition) is 0. The second-order valence-corrected chi connectivity index (χ2v) is 7.86. The number of benzene rings is 2. The highest BCUT2D eigenvalue weighted by molar-refractivity contribution is 5.97. The summed E-state index contributed by atoms with van der Waals surface area (Å²) in [4.78, 5) is 14.4. The molecule has 0 saturated heterocycles. The maximum Gasteiger partial charge on any atom is 0.231 e. The molecule has 0 fully saturated rings. The first-order valence-corrected chi connectivity index (χ1v) is 10.5. The van der Waals surface area contributed by atoms with E-state index in [1.54, 1.807) is 7.11 Å². The van der Waals surface area contributed by atoms with E-state index in [1.165, 1.54) is 4.80 Å². The minimum Gasteiger partial charge on any atom is -0.497 e. The molecule has 2 aromatic heterocycles. The van der Waals surface area contributed by atoms with Gasteiger partial charge < -0.3 is 18.8 Å². The molecule has 0 unspecified atom stereocenters. The average Bonchev–Trinajstić information content (AvgIpc) is 3.55. The summed E-state index contributed by atoms with van der Waals surface area (Å²) < 4.78 is 18.2. The van der Waals surface area contributed by atoms with Crippen LogP contribution in [0.4, 0.5) is 0 Å². The van der Waals surface area contributed by atoms with Crippen LogP contribution in [0.15, 0.2) is 48.5 Å². The number of aromatic nitrogens is 5. The van der Waals surface area contributed by atoms with Gasteiger partial charge in [-0.3, -0.25) is 4.79 Å². The molecule has 2 aromatic carbocycles. The van der Waals surface area contributed by atoms with Gasteiger partial charge in [0.25, 0.3) is 0 Å². The third kappa shape index (κ3) is 4.05. The highest BCUT2D eigenvalue weighted by atomic mass is 16.7. The number of tetrazole rings is 1. The van der Waals surface area contributed by atoms with Crippen molar-refractivity contribution < 1.29 is 19.0 Å². The van der Waals surface area contributed by atoms with Crippen LogP contribution < -0.4 is 14.2 Å². The Balaban J connectivity index is 1.33. The molecule has 0 amide bonds. The van der Waals surface area contributed by atoms with Gasteiger partial charge >= 0.3 is 0 Å². The molecule has 0 atom stereocenters. The van der Waals surface area contributed by atoms with Crippen molar-refractivity contribution in [2.24, 2.45) is 0 Å². The molecule has 3 heterocycles. The number of rotatable bonds is 7. The van der Waals surface area contributed by atoms with Crippen LogP contribution in [0, 0.1) is 13.8 Å². The van der Waals surface area contributed by atoms with Gasteiger partial charge in [0, 0.05) is 29.1 Å². The number of fused-ring (bicyclic) bond motifs is 1. The zero-order valence-corrected chi connectivity index (χ0v) is 18.6. The van der Waals surface area contributed by atoms with Crippen LogP contribution >= 0.6 is 0 Å². The molecule has 1 aliphatic rings. The van der Waals surface area contributed by atoms with Gasteiger partial charge in [-0.15, -0.1) is 10.2 Å². The lowest BCUT2D eigenvalue weighted by molar-refractivity contribution is 0.0960. The minimum absolute atomic E-state index is 0.00524. The monoisotopic (exact) mass is 445 g/mol. The van der Waals surface area contributed by atoms with E-state index in [2.05, 4.69) is 20.0 Å². The number of aryl methyl sites for hydroxylation is 1. The van der Waals surface area contributed by atoms with Crippen molar-refractivity contribution >= 4 is 5.78 Å². The maximum absolute atomic E-state index is 13.1. The van der Waals surface area contributed by atoms with Crippen LogP contribution in [0.5, 0.6) is 17.2 Å². The van der Waals surface area contributed by atoms with Crippen molar-refractivity contribution in [3.8, 4) is 28.6 Å². The third-order valence-electron chi connectivity index (χ3n) is 5.72. The first-order chi connectivity index (χ1) is 16.0. The largest absolute Gasteiger partial charge is 0.497 e. The number of methoxy groups -OCH3 is 1. The van der Waals surface area contributed by atoms with Gasteiger partial charge in [-0.1, -0.05) is 18.2 Å². The Morgan fingerprint density at radius 3 is 2.79 bits per heavy atom. The fourth-order valence-corrected chi connectivity index (χ4v) is 3.95. The molecule has 0 spiro atoms. The van der Waals surface area contributed by atoms with Crippen molar-refractivity contribution in [3.05, 3.63) is 71.0 Å². The second-order valence-electron chi connectivity index (χ2n) is 7.86. The third-order valence-corrected chi connectivity index (χ3v) is 5.72. The molecule has 168 valence electrons. The topological polar surface area (TPSA) is 93.3 Å². The van der Waals surface area contributed by atoms with Crippen molar-refractivity contribution in [2.45, 2.75) is 26.9 Å². The van der Waals surface area contributed by atoms with E-state index in [4.69, 9.17) is 14.2 Å². The van der Waals surface area contributed by atoms with Gasteiger partial charge in [-0.25, -0.2) is 0 Å². The van der Waals surface area contributed by atoms with Crippen LogP contribution in [0.3, 0.4) is 0 Å². The summed E-state index contributed by atoms with van der Waals surface area (Å²) >= 11 is 0. The fourth-order valence-electron chi connectivity index (χ4n) is 3.95. The molecule has 33 heavy (non-hydrogen) atoms. The molecule has 0 radical (unpaired) electrons. The number of Topliss-reactive ketones (excluding diaryl/α,β-unsaturated/α-hetero) is 1. The summed E-state index contributed by atoms with van der Waals surface area (Å²) in [7, 11) is 1.60. The molecule has 4 aromatic rings. The van der Waals surface area contributed by atoms with Crippen molar-refractivity contribution in [1.82, 2.24) is 24.8 Å². The van der Waals surface area contributed by atoms with Gasteiger partial charge in [0.1, 0.15) is 12.3 Å². The summed E-state index contributed by atoms with van der Waals surface area (Å²) in [5.74, 6) is 2.57. The number of ether oxygens (including phenoxy) is 3. The second kappa shape index (κ2) is 8.42. The van der Waals surface area contributed by atoms with E-state index in [0.29, 0.717) is 23.7 Å². The van der Waals surface area contributed by atoms with E-state index in [-0.39, 0.29) is 19.1 Å². The molecular weight excluding hydrogens is 422 g/mol. The zero-order chi connectivity index (χ0) is 22.9.